The van der Waals surface area contributed by atoms with E-state index in [1.807, 2.05) is 35.9 Å². The summed E-state index contributed by atoms with van der Waals surface area (Å²) in [5.74, 6) is 0.713. The van der Waals surface area contributed by atoms with Gasteiger partial charge in [0.2, 0.25) is 5.91 Å². The van der Waals surface area contributed by atoms with E-state index in [4.69, 9.17) is 5.73 Å². The number of tetrazole rings is 1. The summed E-state index contributed by atoms with van der Waals surface area (Å²) >= 11 is 0. The fraction of sp³-hybridized carbons (Fsp3) is 0.467. The quantitative estimate of drug-likeness (QED) is 0.846. The molecule has 0 aliphatic heterocycles. The van der Waals surface area contributed by atoms with Gasteiger partial charge in [0, 0.05) is 23.7 Å². The van der Waals surface area contributed by atoms with E-state index >= 15 is 0 Å². The number of amides is 1. The number of nitrogens with one attached hydrogen (secondary N) is 1. The van der Waals surface area contributed by atoms with Crippen molar-refractivity contribution >= 4 is 11.6 Å². The van der Waals surface area contributed by atoms with Crippen molar-refractivity contribution in [2.24, 2.45) is 5.73 Å². The Morgan fingerprint density at radius 2 is 2.32 bits per heavy atom. The summed E-state index contributed by atoms with van der Waals surface area (Å²) in [6.45, 7) is 1.89. The topological polar surface area (TPSA) is 98.7 Å². The SMILES string of the molecule is CC(N)CCC(=O)Nc1cccc(-c2nnnn2C2CC2)c1. The summed E-state index contributed by atoms with van der Waals surface area (Å²) in [4.78, 5) is 11.9. The fourth-order valence-corrected chi connectivity index (χ4v) is 2.27. The second-order valence-corrected chi connectivity index (χ2v) is 5.82. The first-order chi connectivity index (χ1) is 10.6. The molecule has 1 saturated carbocycles. The highest BCUT2D eigenvalue weighted by atomic mass is 16.1. The van der Waals surface area contributed by atoms with Gasteiger partial charge in [0.25, 0.3) is 0 Å². The number of nitrogens with two attached hydrogens (primary N) is 1. The molecule has 0 saturated heterocycles. The molecule has 0 spiro atoms. The van der Waals surface area contributed by atoms with Crippen LogP contribution in [0.25, 0.3) is 11.4 Å². The van der Waals surface area contributed by atoms with Gasteiger partial charge in [-0.05, 0) is 48.7 Å². The molecule has 1 aromatic heterocycles. The smallest absolute Gasteiger partial charge is 0.224 e. The van der Waals surface area contributed by atoms with E-state index in [2.05, 4.69) is 20.8 Å². The minimum absolute atomic E-state index is 0.0280. The van der Waals surface area contributed by atoms with E-state index < -0.39 is 0 Å². The Bertz CT molecular complexity index is 662. The molecule has 22 heavy (non-hydrogen) atoms. The predicted molar refractivity (Wildman–Crippen MR) is 83.0 cm³/mol. The first kappa shape index (κ1) is 14.6. The van der Waals surface area contributed by atoms with Gasteiger partial charge in [0.15, 0.2) is 5.82 Å². The van der Waals surface area contributed by atoms with Gasteiger partial charge in [-0.2, -0.15) is 0 Å². The van der Waals surface area contributed by atoms with E-state index in [0.717, 1.165) is 29.9 Å². The van der Waals surface area contributed by atoms with Crippen LogP contribution < -0.4 is 11.1 Å². The Morgan fingerprint density at radius 1 is 1.50 bits per heavy atom. The summed E-state index contributed by atoms with van der Waals surface area (Å²) in [6, 6.07) is 8.03. The number of carbonyl (C=O) groups excluding carboxylic acids is 1. The summed E-state index contributed by atoms with van der Waals surface area (Å²) < 4.78 is 1.86. The summed E-state index contributed by atoms with van der Waals surface area (Å²) in [7, 11) is 0. The molecule has 1 fully saturated rings. The van der Waals surface area contributed by atoms with Gasteiger partial charge >= 0.3 is 0 Å². The Kier molecular flexibility index (Phi) is 4.15. The molecule has 116 valence electrons. The molecule has 7 heteroatoms. The summed E-state index contributed by atoms with van der Waals surface area (Å²) in [6.07, 6.45) is 3.32. The second-order valence-electron chi connectivity index (χ2n) is 5.82. The molecule has 3 N–H and O–H groups in total. The third-order valence-corrected chi connectivity index (χ3v) is 3.62. The molecule has 7 nitrogen and oxygen atoms in total. The maximum atomic E-state index is 11.9. The zero-order chi connectivity index (χ0) is 15.5. The van der Waals surface area contributed by atoms with Crippen LogP contribution in [0.1, 0.15) is 38.6 Å². The molecule has 3 rings (SSSR count). The molecule has 1 heterocycles. The average molecular weight is 300 g/mol. The molecule has 1 amide bonds. The van der Waals surface area contributed by atoms with Crippen molar-refractivity contribution in [1.29, 1.82) is 0 Å². The number of anilines is 1. The lowest BCUT2D eigenvalue weighted by Crippen LogP contribution is -2.19. The Labute approximate surface area is 128 Å². The number of hydrogen-bond acceptors (Lipinski definition) is 5. The lowest BCUT2D eigenvalue weighted by atomic mass is 10.1. The summed E-state index contributed by atoms with van der Waals surface area (Å²) in [5, 5.41) is 14.8. The van der Waals surface area contributed by atoms with E-state index in [0.29, 0.717) is 18.9 Å². The fourth-order valence-electron chi connectivity index (χ4n) is 2.27. The van der Waals surface area contributed by atoms with Crippen LogP contribution in [-0.2, 0) is 4.79 Å². The molecular formula is C15H20N6O. The van der Waals surface area contributed by atoms with Crippen LogP contribution in [-0.4, -0.2) is 32.2 Å². The maximum absolute atomic E-state index is 11.9. The largest absolute Gasteiger partial charge is 0.328 e. The number of carbonyl (C=O) groups is 1. The van der Waals surface area contributed by atoms with Crippen molar-refractivity contribution < 1.29 is 4.79 Å². The Balaban J connectivity index is 1.72. The normalized spacial score (nSPS) is 15.5. The number of benzene rings is 1. The predicted octanol–water partition coefficient (Wildman–Crippen LogP) is 1.74. The van der Waals surface area contributed by atoms with Gasteiger partial charge in [-0.3, -0.25) is 4.79 Å². The first-order valence-corrected chi connectivity index (χ1v) is 7.57. The molecule has 0 radical (unpaired) electrons. The number of nitrogens with zero attached hydrogens (tertiary/aromatic N) is 4. The van der Waals surface area contributed by atoms with Gasteiger partial charge in [-0.25, -0.2) is 4.68 Å². The van der Waals surface area contributed by atoms with Crippen LogP contribution in [0.5, 0.6) is 0 Å². The number of aromatic nitrogens is 4. The average Bonchev–Trinajstić information content (AvgIpc) is 3.22. The van der Waals surface area contributed by atoms with Crippen LogP contribution in [0.15, 0.2) is 24.3 Å². The van der Waals surface area contributed by atoms with Crippen LogP contribution in [0.3, 0.4) is 0 Å². The van der Waals surface area contributed by atoms with Crippen LogP contribution in [0.4, 0.5) is 5.69 Å². The van der Waals surface area contributed by atoms with Crippen molar-refractivity contribution in [1.82, 2.24) is 20.2 Å². The Morgan fingerprint density at radius 3 is 3.05 bits per heavy atom. The number of hydrogen-bond donors (Lipinski definition) is 2. The van der Waals surface area contributed by atoms with Gasteiger partial charge in [-0.15, -0.1) is 5.10 Å². The highest BCUT2D eigenvalue weighted by molar-refractivity contribution is 5.91. The standard InChI is InChI=1S/C15H20N6O/c1-10(16)5-8-14(22)17-12-4-2-3-11(9-12)15-18-19-20-21(15)13-6-7-13/h2-4,9-10,13H,5-8,16H2,1H3,(H,17,22). The lowest BCUT2D eigenvalue weighted by molar-refractivity contribution is -0.116. The van der Waals surface area contributed by atoms with Crippen LogP contribution in [0.2, 0.25) is 0 Å². The highest BCUT2D eigenvalue weighted by Gasteiger charge is 2.28. The van der Waals surface area contributed by atoms with Gasteiger partial charge in [0.05, 0.1) is 6.04 Å². The van der Waals surface area contributed by atoms with Crippen LogP contribution in [0, 0.1) is 0 Å². The molecular weight excluding hydrogens is 280 g/mol. The minimum atomic E-state index is -0.0313. The van der Waals surface area contributed by atoms with E-state index in [1.165, 1.54) is 0 Å². The lowest BCUT2D eigenvalue weighted by Gasteiger charge is -2.08. The molecule has 1 aliphatic rings. The monoisotopic (exact) mass is 300 g/mol. The molecule has 1 atom stereocenters. The molecule has 1 aliphatic carbocycles. The van der Waals surface area contributed by atoms with Crippen molar-refractivity contribution in [3.05, 3.63) is 24.3 Å². The van der Waals surface area contributed by atoms with Crippen molar-refractivity contribution in [2.75, 3.05) is 5.32 Å². The van der Waals surface area contributed by atoms with Crippen molar-refractivity contribution in [2.45, 2.75) is 44.7 Å². The van der Waals surface area contributed by atoms with Gasteiger partial charge < -0.3 is 11.1 Å². The second kappa shape index (κ2) is 6.23. The first-order valence-electron chi connectivity index (χ1n) is 7.57. The number of rotatable bonds is 6. The van der Waals surface area contributed by atoms with Crippen LogP contribution >= 0.6 is 0 Å². The zero-order valence-electron chi connectivity index (χ0n) is 12.6. The molecule has 2 aromatic rings. The third kappa shape index (κ3) is 3.48. The summed E-state index contributed by atoms with van der Waals surface area (Å²) in [5.41, 5.74) is 7.32. The van der Waals surface area contributed by atoms with Gasteiger partial charge in [-0.1, -0.05) is 12.1 Å². The van der Waals surface area contributed by atoms with Crippen molar-refractivity contribution in [3.63, 3.8) is 0 Å². The van der Waals surface area contributed by atoms with Crippen molar-refractivity contribution in [3.8, 4) is 11.4 Å². The maximum Gasteiger partial charge on any atom is 0.224 e. The van der Waals surface area contributed by atoms with E-state index in [1.54, 1.807) is 0 Å². The minimum Gasteiger partial charge on any atom is -0.328 e. The molecule has 1 unspecified atom stereocenters. The zero-order valence-corrected chi connectivity index (χ0v) is 12.6. The third-order valence-electron chi connectivity index (χ3n) is 3.62. The van der Waals surface area contributed by atoms with Gasteiger partial charge in [0.1, 0.15) is 0 Å². The Hall–Kier alpha value is -2.28. The molecule has 1 aromatic carbocycles. The van der Waals surface area contributed by atoms with E-state index in [-0.39, 0.29) is 11.9 Å². The van der Waals surface area contributed by atoms with E-state index in [9.17, 15) is 4.79 Å². The molecule has 0 bridgehead atoms. The highest BCUT2D eigenvalue weighted by Crippen LogP contribution is 2.36.